The second kappa shape index (κ2) is 7.23. The first-order valence-electron chi connectivity index (χ1n) is 6.86. The van der Waals surface area contributed by atoms with E-state index in [1.165, 1.54) is 12.1 Å². The van der Waals surface area contributed by atoms with Gasteiger partial charge in [0.05, 0.1) is 6.04 Å². The van der Waals surface area contributed by atoms with Gasteiger partial charge in [-0.05, 0) is 55.2 Å². The molecule has 2 aromatic carbocycles. The van der Waals surface area contributed by atoms with Crippen molar-refractivity contribution in [2.24, 2.45) is 5.73 Å². The Labute approximate surface area is 139 Å². The summed E-state index contributed by atoms with van der Waals surface area (Å²) in [6.07, 6.45) is -4.69. The van der Waals surface area contributed by atoms with Gasteiger partial charge in [0.25, 0.3) is 0 Å². The summed E-state index contributed by atoms with van der Waals surface area (Å²) < 4.78 is 40.4. The van der Waals surface area contributed by atoms with E-state index in [1.54, 1.807) is 12.1 Å². The Balaban J connectivity index is 0.00000264. The van der Waals surface area contributed by atoms with E-state index in [0.717, 1.165) is 27.8 Å². The molecule has 0 saturated carbocycles. The molecule has 0 fully saturated rings. The number of hydrogen-bond acceptors (Lipinski definition) is 2. The molecule has 0 radical (unpaired) electrons. The van der Waals surface area contributed by atoms with Gasteiger partial charge >= 0.3 is 6.36 Å². The topological polar surface area (TPSA) is 35.2 Å². The summed E-state index contributed by atoms with van der Waals surface area (Å²) >= 11 is 0. The largest absolute Gasteiger partial charge is 0.573 e. The van der Waals surface area contributed by atoms with E-state index in [2.05, 4.69) is 4.74 Å². The van der Waals surface area contributed by atoms with Crippen LogP contribution in [0.25, 0.3) is 0 Å². The smallest absolute Gasteiger partial charge is 0.406 e. The number of benzene rings is 2. The first kappa shape index (κ1) is 19.3. The third-order valence-corrected chi connectivity index (χ3v) is 3.52. The number of rotatable bonds is 3. The van der Waals surface area contributed by atoms with Crippen molar-refractivity contribution < 1.29 is 17.9 Å². The third-order valence-electron chi connectivity index (χ3n) is 3.52. The lowest BCUT2D eigenvalue weighted by atomic mass is 9.90. The second-order valence-corrected chi connectivity index (χ2v) is 5.41. The molecule has 0 spiro atoms. The third kappa shape index (κ3) is 4.88. The van der Waals surface area contributed by atoms with Crippen molar-refractivity contribution in [3.63, 3.8) is 0 Å². The van der Waals surface area contributed by atoms with Crippen LogP contribution in [0.4, 0.5) is 13.2 Å². The molecular weight excluding hydrogens is 327 g/mol. The lowest BCUT2D eigenvalue weighted by molar-refractivity contribution is -0.274. The van der Waals surface area contributed by atoms with Gasteiger partial charge in [-0.25, -0.2) is 0 Å². The van der Waals surface area contributed by atoms with Crippen molar-refractivity contribution in [3.05, 3.63) is 64.2 Å². The molecule has 0 aromatic heterocycles. The Bertz CT molecular complexity index is 646. The zero-order valence-corrected chi connectivity index (χ0v) is 13.9. The molecule has 0 aliphatic heterocycles. The highest BCUT2D eigenvalue weighted by atomic mass is 35.5. The fourth-order valence-electron chi connectivity index (χ4n) is 2.73. The lowest BCUT2D eigenvalue weighted by Gasteiger charge is -2.19. The van der Waals surface area contributed by atoms with E-state index in [-0.39, 0.29) is 24.2 Å². The van der Waals surface area contributed by atoms with Crippen LogP contribution >= 0.6 is 12.4 Å². The number of hydrogen-bond donors (Lipinski definition) is 1. The van der Waals surface area contributed by atoms with Gasteiger partial charge in [0.15, 0.2) is 0 Å². The minimum absolute atomic E-state index is 0. The first-order valence-corrected chi connectivity index (χ1v) is 6.86. The van der Waals surface area contributed by atoms with E-state index >= 15 is 0 Å². The van der Waals surface area contributed by atoms with Crippen LogP contribution in [0.3, 0.4) is 0 Å². The Kier molecular flexibility index (Phi) is 6.08. The number of aryl methyl sites for hydroxylation is 3. The van der Waals surface area contributed by atoms with Crippen LogP contribution in [-0.4, -0.2) is 6.36 Å². The van der Waals surface area contributed by atoms with Gasteiger partial charge in [-0.15, -0.1) is 25.6 Å². The van der Waals surface area contributed by atoms with E-state index < -0.39 is 6.36 Å². The summed E-state index contributed by atoms with van der Waals surface area (Å²) in [5, 5.41) is 0. The second-order valence-electron chi connectivity index (χ2n) is 5.41. The lowest BCUT2D eigenvalue weighted by Crippen LogP contribution is -2.18. The van der Waals surface area contributed by atoms with Crippen molar-refractivity contribution >= 4 is 12.4 Å². The molecule has 23 heavy (non-hydrogen) atoms. The van der Waals surface area contributed by atoms with Crippen molar-refractivity contribution in [2.75, 3.05) is 0 Å². The van der Waals surface area contributed by atoms with Gasteiger partial charge in [0, 0.05) is 0 Å². The van der Waals surface area contributed by atoms with Gasteiger partial charge in [-0.2, -0.15) is 0 Å². The summed E-state index contributed by atoms with van der Waals surface area (Å²) in [6.45, 7) is 5.98. The van der Waals surface area contributed by atoms with E-state index in [0.29, 0.717) is 0 Å². The predicted molar refractivity (Wildman–Crippen MR) is 87.1 cm³/mol. The number of ether oxygens (including phenoxy) is 1. The molecule has 126 valence electrons. The monoisotopic (exact) mass is 345 g/mol. The van der Waals surface area contributed by atoms with Crippen LogP contribution in [0.5, 0.6) is 5.75 Å². The Hall–Kier alpha value is -1.72. The van der Waals surface area contributed by atoms with Crippen molar-refractivity contribution in [2.45, 2.75) is 33.2 Å². The molecular formula is C17H19ClF3NO. The molecule has 2 N–H and O–H groups in total. The summed E-state index contributed by atoms with van der Waals surface area (Å²) in [5.74, 6) is -0.249. The molecule has 2 rings (SSSR count). The van der Waals surface area contributed by atoms with Gasteiger partial charge in [0.2, 0.25) is 0 Å². The zero-order valence-electron chi connectivity index (χ0n) is 13.1. The minimum atomic E-state index is -4.69. The molecule has 2 nitrogen and oxygen atoms in total. The minimum Gasteiger partial charge on any atom is -0.406 e. The highest BCUT2D eigenvalue weighted by molar-refractivity contribution is 5.85. The molecule has 0 amide bonds. The van der Waals surface area contributed by atoms with Crippen LogP contribution in [0, 0.1) is 20.8 Å². The van der Waals surface area contributed by atoms with Crippen LogP contribution in [0.1, 0.15) is 33.9 Å². The van der Waals surface area contributed by atoms with Crippen molar-refractivity contribution in [3.8, 4) is 5.75 Å². The zero-order chi connectivity index (χ0) is 16.5. The fourth-order valence-corrected chi connectivity index (χ4v) is 2.73. The molecule has 0 heterocycles. The predicted octanol–water partition coefficient (Wildman–Crippen LogP) is 4.98. The first-order chi connectivity index (χ1) is 10.2. The van der Waals surface area contributed by atoms with Crippen LogP contribution < -0.4 is 10.5 Å². The quantitative estimate of drug-likeness (QED) is 0.851. The molecule has 0 unspecified atom stereocenters. The van der Waals surface area contributed by atoms with Crippen LogP contribution in [-0.2, 0) is 0 Å². The number of nitrogens with two attached hydrogens (primary N) is 1. The van der Waals surface area contributed by atoms with Crippen molar-refractivity contribution in [1.82, 2.24) is 0 Å². The molecule has 0 bridgehead atoms. The fraction of sp³-hybridized carbons (Fsp3) is 0.294. The number of alkyl halides is 3. The summed E-state index contributed by atoms with van der Waals surface area (Å²) in [6, 6.07) is 9.38. The van der Waals surface area contributed by atoms with Gasteiger partial charge in [-0.1, -0.05) is 29.8 Å². The highest BCUT2D eigenvalue weighted by Crippen LogP contribution is 2.29. The molecule has 0 aliphatic carbocycles. The van der Waals surface area contributed by atoms with Crippen LogP contribution in [0.2, 0.25) is 0 Å². The SMILES string of the molecule is Cc1cc(C)c([C@@H](N)c2ccc(OC(F)(F)F)cc2)c(C)c1.Cl. The molecule has 1 atom stereocenters. The number of halogens is 4. The molecule has 0 aliphatic rings. The van der Waals surface area contributed by atoms with Gasteiger partial charge in [-0.3, -0.25) is 0 Å². The Morgan fingerprint density at radius 2 is 1.43 bits per heavy atom. The Morgan fingerprint density at radius 3 is 1.87 bits per heavy atom. The Morgan fingerprint density at radius 1 is 0.957 bits per heavy atom. The average Bonchev–Trinajstić information content (AvgIpc) is 2.36. The molecule has 0 saturated heterocycles. The average molecular weight is 346 g/mol. The van der Waals surface area contributed by atoms with E-state index in [9.17, 15) is 13.2 Å². The maximum atomic E-state index is 12.2. The van der Waals surface area contributed by atoms with E-state index in [4.69, 9.17) is 5.73 Å². The summed E-state index contributed by atoms with van der Waals surface area (Å²) in [5.41, 5.74) is 11.3. The molecule has 6 heteroatoms. The maximum absolute atomic E-state index is 12.2. The van der Waals surface area contributed by atoms with E-state index in [1.807, 2.05) is 32.9 Å². The van der Waals surface area contributed by atoms with Crippen molar-refractivity contribution in [1.29, 1.82) is 0 Å². The maximum Gasteiger partial charge on any atom is 0.573 e. The standard InChI is InChI=1S/C17H18F3NO.ClH/c1-10-8-11(2)15(12(3)9-10)16(21)13-4-6-14(7-5-13)22-17(18,19)20;/h4-9,16H,21H2,1-3H3;1H/t16-;/m0./s1. The summed E-state index contributed by atoms with van der Waals surface area (Å²) in [7, 11) is 0. The van der Waals surface area contributed by atoms with Gasteiger partial charge < -0.3 is 10.5 Å². The highest BCUT2D eigenvalue weighted by Gasteiger charge is 2.31. The van der Waals surface area contributed by atoms with Crippen LogP contribution in [0.15, 0.2) is 36.4 Å². The molecule has 2 aromatic rings. The summed E-state index contributed by atoms with van der Waals surface area (Å²) in [4.78, 5) is 0. The normalized spacial score (nSPS) is 12.5. The van der Waals surface area contributed by atoms with Gasteiger partial charge in [0.1, 0.15) is 5.75 Å².